The Labute approximate surface area is 189 Å². The summed E-state index contributed by atoms with van der Waals surface area (Å²) in [6.07, 6.45) is 1.65. The number of hydrogen-bond donors (Lipinski definition) is 1. The second kappa shape index (κ2) is 11.1. The van der Waals surface area contributed by atoms with Crippen molar-refractivity contribution in [1.82, 2.24) is 10.2 Å². The minimum absolute atomic E-state index is 0.107. The summed E-state index contributed by atoms with van der Waals surface area (Å²) in [7, 11) is -3.96. The fourth-order valence-electron chi connectivity index (χ4n) is 3.23. The van der Waals surface area contributed by atoms with Gasteiger partial charge in [-0.25, -0.2) is 12.8 Å². The van der Waals surface area contributed by atoms with Crippen LogP contribution >= 0.6 is 0 Å². The van der Waals surface area contributed by atoms with Gasteiger partial charge in [0.2, 0.25) is 21.8 Å². The molecular weight excluding hydrogens is 433 g/mol. The number of anilines is 1. The molecule has 0 heterocycles. The number of carbonyl (C=O) groups is 2. The third kappa shape index (κ3) is 6.78. The van der Waals surface area contributed by atoms with Gasteiger partial charge in [0.15, 0.2) is 0 Å². The minimum atomic E-state index is -3.96. The minimum Gasteiger partial charge on any atom is -0.354 e. The van der Waals surface area contributed by atoms with E-state index in [0.29, 0.717) is 6.54 Å². The first-order valence-corrected chi connectivity index (χ1v) is 12.2. The van der Waals surface area contributed by atoms with Crippen molar-refractivity contribution in [2.45, 2.75) is 39.8 Å². The first-order valence-electron chi connectivity index (χ1n) is 10.4. The van der Waals surface area contributed by atoms with Gasteiger partial charge in [-0.15, -0.1) is 0 Å². The number of hydrogen-bond acceptors (Lipinski definition) is 4. The molecule has 0 aliphatic carbocycles. The summed E-state index contributed by atoms with van der Waals surface area (Å²) < 4.78 is 39.9. The van der Waals surface area contributed by atoms with Gasteiger partial charge >= 0.3 is 0 Å². The fourth-order valence-corrected chi connectivity index (χ4v) is 4.08. The molecule has 0 aliphatic heterocycles. The highest BCUT2D eigenvalue weighted by atomic mass is 32.2. The van der Waals surface area contributed by atoms with Crippen LogP contribution in [0.4, 0.5) is 10.1 Å². The van der Waals surface area contributed by atoms with Crippen molar-refractivity contribution < 1.29 is 22.4 Å². The first-order chi connectivity index (χ1) is 15.0. The highest BCUT2D eigenvalue weighted by molar-refractivity contribution is 7.92. The number of aryl methyl sites for hydroxylation is 1. The molecule has 0 saturated carbocycles. The van der Waals surface area contributed by atoms with Crippen molar-refractivity contribution in [2.24, 2.45) is 0 Å². The third-order valence-electron chi connectivity index (χ3n) is 4.95. The number of carbonyl (C=O) groups excluding carboxylic acids is 2. The summed E-state index contributed by atoms with van der Waals surface area (Å²) in [5, 5.41) is 2.76. The molecular formula is C23H30FN3O4S. The van der Waals surface area contributed by atoms with E-state index >= 15 is 0 Å². The highest BCUT2D eigenvalue weighted by Crippen LogP contribution is 2.22. The van der Waals surface area contributed by atoms with E-state index in [-0.39, 0.29) is 18.1 Å². The molecule has 174 valence electrons. The number of amides is 2. The molecule has 1 N–H and O–H groups in total. The Kier molecular flexibility index (Phi) is 8.77. The van der Waals surface area contributed by atoms with Crippen molar-refractivity contribution in [3.05, 3.63) is 65.5 Å². The summed E-state index contributed by atoms with van der Waals surface area (Å²) in [4.78, 5) is 27.2. The maximum Gasteiger partial charge on any atom is 0.244 e. The van der Waals surface area contributed by atoms with Gasteiger partial charge in [-0.2, -0.15) is 0 Å². The zero-order chi connectivity index (χ0) is 23.9. The van der Waals surface area contributed by atoms with Gasteiger partial charge in [0, 0.05) is 13.1 Å². The van der Waals surface area contributed by atoms with Crippen molar-refractivity contribution in [3.8, 4) is 0 Å². The molecule has 1 atom stereocenters. The van der Waals surface area contributed by atoms with Gasteiger partial charge in [0.1, 0.15) is 18.4 Å². The van der Waals surface area contributed by atoms with E-state index in [1.807, 2.05) is 38.1 Å². The largest absolute Gasteiger partial charge is 0.354 e. The molecule has 2 aromatic carbocycles. The molecule has 0 radical (unpaired) electrons. The van der Waals surface area contributed by atoms with Crippen LogP contribution in [0.3, 0.4) is 0 Å². The van der Waals surface area contributed by atoms with E-state index in [1.54, 1.807) is 6.92 Å². The Hall–Kier alpha value is -2.94. The molecule has 0 aliphatic rings. The SMILES string of the molecule is CCCNC(=O)[C@H](C)N(Cc1cccc(C)c1)C(=O)CN(c1ccccc1F)S(C)(=O)=O. The Morgan fingerprint density at radius 2 is 1.81 bits per heavy atom. The average Bonchev–Trinajstić information content (AvgIpc) is 2.73. The fraction of sp³-hybridized carbons (Fsp3) is 0.391. The molecule has 32 heavy (non-hydrogen) atoms. The van der Waals surface area contributed by atoms with E-state index in [2.05, 4.69) is 5.32 Å². The van der Waals surface area contributed by atoms with Crippen LogP contribution < -0.4 is 9.62 Å². The van der Waals surface area contributed by atoms with Crippen LogP contribution in [0.2, 0.25) is 0 Å². The Bertz CT molecular complexity index is 1060. The second-order valence-electron chi connectivity index (χ2n) is 7.70. The van der Waals surface area contributed by atoms with E-state index in [1.165, 1.54) is 23.1 Å². The van der Waals surface area contributed by atoms with Crippen LogP contribution in [0, 0.1) is 12.7 Å². The molecule has 0 unspecified atom stereocenters. The maximum absolute atomic E-state index is 14.3. The monoisotopic (exact) mass is 463 g/mol. The number of para-hydroxylation sites is 1. The van der Waals surface area contributed by atoms with Crippen molar-refractivity contribution >= 4 is 27.5 Å². The van der Waals surface area contributed by atoms with Crippen LogP contribution in [-0.4, -0.2) is 50.5 Å². The molecule has 0 spiro atoms. The lowest BCUT2D eigenvalue weighted by molar-refractivity contribution is -0.139. The smallest absolute Gasteiger partial charge is 0.244 e. The van der Waals surface area contributed by atoms with Gasteiger partial charge in [-0.1, -0.05) is 48.9 Å². The standard InChI is InChI=1S/C23H30FN3O4S/c1-5-13-25-23(29)18(3)26(15-19-10-8-9-17(2)14-19)22(28)16-27(32(4,30)31)21-12-7-6-11-20(21)24/h6-12,14,18H,5,13,15-16H2,1-4H3,(H,25,29)/t18-/m0/s1. The Morgan fingerprint density at radius 3 is 2.41 bits per heavy atom. The molecule has 0 bridgehead atoms. The van der Waals surface area contributed by atoms with Gasteiger partial charge in [0.05, 0.1) is 11.9 Å². The van der Waals surface area contributed by atoms with Crippen LogP contribution in [-0.2, 0) is 26.2 Å². The van der Waals surface area contributed by atoms with Gasteiger partial charge in [-0.3, -0.25) is 13.9 Å². The number of nitrogens with one attached hydrogen (secondary N) is 1. The quantitative estimate of drug-likeness (QED) is 0.587. The normalized spacial score (nSPS) is 12.2. The second-order valence-corrected chi connectivity index (χ2v) is 9.61. The highest BCUT2D eigenvalue weighted by Gasteiger charge is 2.30. The molecule has 2 rings (SSSR count). The van der Waals surface area contributed by atoms with Crippen LogP contribution in [0.5, 0.6) is 0 Å². The van der Waals surface area contributed by atoms with E-state index < -0.39 is 34.3 Å². The summed E-state index contributed by atoms with van der Waals surface area (Å²) >= 11 is 0. The number of nitrogens with zero attached hydrogens (tertiary/aromatic N) is 2. The zero-order valence-corrected chi connectivity index (χ0v) is 19.7. The van der Waals surface area contributed by atoms with Gasteiger partial charge in [0.25, 0.3) is 0 Å². The average molecular weight is 464 g/mol. The van der Waals surface area contributed by atoms with Crippen LogP contribution in [0.15, 0.2) is 48.5 Å². The lowest BCUT2D eigenvalue weighted by Gasteiger charge is -2.31. The Morgan fingerprint density at radius 1 is 1.12 bits per heavy atom. The molecule has 0 aromatic heterocycles. The number of rotatable bonds is 10. The summed E-state index contributed by atoms with van der Waals surface area (Å²) in [5.74, 6) is -1.71. The maximum atomic E-state index is 14.3. The van der Waals surface area contributed by atoms with Crippen LogP contribution in [0.25, 0.3) is 0 Å². The van der Waals surface area contributed by atoms with Crippen molar-refractivity contribution in [2.75, 3.05) is 23.7 Å². The van der Waals surface area contributed by atoms with Gasteiger partial charge in [-0.05, 0) is 38.0 Å². The first kappa shape index (κ1) is 25.3. The van der Waals surface area contributed by atoms with Crippen LogP contribution in [0.1, 0.15) is 31.4 Å². The van der Waals surface area contributed by atoms with Crippen molar-refractivity contribution in [1.29, 1.82) is 0 Å². The predicted octanol–water partition coefficient (Wildman–Crippen LogP) is 2.84. The lowest BCUT2D eigenvalue weighted by atomic mass is 10.1. The summed E-state index contributed by atoms with van der Waals surface area (Å²) in [6.45, 7) is 5.36. The van der Waals surface area contributed by atoms with Gasteiger partial charge < -0.3 is 10.2 Å². The van der Waals surface area contributed by atoms with E-state index in [4.69, 9.17) is 0 Å². The number of benzene rings is 2. The summed E-state index contributed by atoms with van der Waals surface area (Å²) in [5.41, 5.74) is 1.56. The van der Waals surface area contributed by atoms with Crippen molar-refractivity contribution in [3.63, 3.8) is 0 Å². The lowest BCUT2D eigenvalue weighted by Crippen LogP contribution is -2.51. The Balaban J connectivity index is 2.38. The number of sulfonamides is 1. The van der Waals surface area contributed by atoms with E-state index in [0.717, 1.165) is 34.2 Å². The number of halogens is 1. The molecule has 0 saturated heterocycles. The summed E-state index contributed by atoms with van der Waals surface area (Å²) in [6, 6.07) is 12.0. The molecule has 9 heteroatoms. The predicted molar refractivity (Wildman–Crippen MR) is 123 cm³/mol. The molecule has 0 fully saturated rings. The van der Waals surface area contributed by atoms with E-state index in [9.17, 15) is 22.4 Å². The topological polar surface area (TPSA) is 86.8 Å². The molecule has 7 nitrogen and oxygen atoms in total. The third-order valence-corrected chi connectivity index (χ3v) is 6.08. The zero-order valence-electron chi connectivity index (χ0n) is 18.8. The molecule has 2 aromatic rings. The molecule has 2 amide bonds.